The van der Waals surface area contributed by atoms with Crippen molar-refractivity contribution in [2.75, 3.05) is 19.8 Å². The summed E-state index contributed by atoms with van der Waals surface area (Å²) in [4.78, 5) is 24.9. The van der Waals surface area contributed by atoms with Crippen molar-refractivity contribution >= 4 is 11.9 Å². The SMILES string of the molecule is CCCCCCCCCOC(=O)CCCCCCCC(CCCCCCCC(=O)OC(CCCCCCCC)CCCCCCCC)NC1CCOCC1. The maximum Gasteiger partial charge on any atom is 0.306 e. The normalized spacial score (nSPS) is 14.1. The molecule has 0 spiro atoms. The predicted octanol–water partition coefficient (Wildman–Crippen LogP) is 14.3. The molecule has 1 saturated heterocycles. The lowest BCUT2D eigenvalue weighted by Crippen LogP contribution is -2.41. The van der Waals surface area contributed by atoms with Gasteiger partial charge in [0.1, 0.15) is 6.10 Å². The van der Waals surface area contributed by atoms with E-state index in [2.05, 4.69) is 26.1 Å². The Morgan fingerprint density at radius 2 is 0.889 bits per heavy atom. The Bertz CT molecular complexity index is 784. The van der Waals surface area contributed by atoms with E-state index in [0.29, 0.717) is 31.5 Å². The molecule has 1 N–H and O–H groups in total. The molecule has 1 fully saturated rings. The van der Waals surface area contributed by atoms with Crippen LogP contribution in [0, 0.1) is 0 Å². The number of carbonyl (C=O) groups is 2. The molecule has 0 amide bonds. The highest BCUT2D eigenvalue weighted by atomic mass is 16.5. The van der Waals surface area contributed by atoms with Gasteiger partial charge in [0.25, 0.3) is 0 Å². The van der Waals surface area contributed by atoms with Crippen molar-refractivity contribution in [1.82, 2.24) is 5.32 Å². The van der Waals surface area contributed by atoms with Crippen molar-refractivity contribution in [2.45, 2.75) is 277 Å². The summed E-state index contributed by atoms with van der Waals surface area (Å²) in [5, 5.41) is 4.00. The molecule has 6 nitrogen and oxygen atoms in total. The van der Waals surface area contributed by atoms with Crippen LogP contribution >= 0.6 is 0 Å². The van der Waals surface area contributed by atoms with Crippen molar-refractivity contribution in [3.63, 3.8) is 0 Å². The standard InChI is InChI=1S/C48H93NO5/c1-4-7-10-13-16-25-32-41-53-47(50)37-30-23-17-19-26-33-44(49-45-39-42-52-43-40-45)34-27-20-18-24-31-38-48(51)54-46(35-28-21-14-11-8-5-2)36-29-22-15-12-9-6-3/h44-46,49H,4-43H2,1-3H3. The minimum Gasteiger partial charge on any atom is -0.466 e. The second kappa shape index (κ2) is 40.1. The highest BCUT2D eigenvalue weighted by molar-refractivity contribution is 5.69. The minimum atomic E-state index is -0.00659. The van der Waals surface area contributed by atoms with Gasteiger partial charge in [-0.15, -0.1) is 0 Å². The third kappa shape index (κ3) is 34.1. The minimum absolute atomic E-state index is 0.00659. The van der Waals surface area contributed by atoms with Crippen molar-refractivity contribution in [1.29, 1.82) is 0 Å². The Labute approximate surface area is 336 Å². The molecule has 0 aromatic rings. The fourth-order valence-electron chi connectivity index (χ4n) is 8.02. The van der Waals surface area contributed by atoms with Crippen LogP contribution in [0.5, 0.6) is 0 Å². The fraction of sp³-hybridized carbons (Fsp3) is 0.958. The van der Waals surface area contributed by atoms with Gasteiger partial charge in [-0.2, -0.15) is 0 Å². The number of hydrogen-bond acceptors (Lipinski definition) is 6. The molecule has 1 heterocycles. The largest absolute Gasteiger partial charge is 0.466 e. The monoisotopic (exact) mass is 764 g/mol. The maximum atomic E-state index is 12.8. The number of ether oxygens (including phenoxy) is 3. The van der Waals surface area contributed by atoms with Crippen molar-refractivity contribution < 1.29 is 23.8 Å². The Morgan fingerprint density at radius 3 is 1.37 bits per heavy atom. The molecular formula is C48H93NO5. The van der Waals surface area contributed by atoms with Gasteiger partial charge in [-0.25, -0.2) is 0 Å². The van der Waals surface area contributed by atoms with Crippen LogP contribution in [0.1, 0.15) is 258 Å². The molecule has 1 unspecified atom stereocenters. The number of carbonyl (C=O) groups excluding carboxylic acids is 2. The van der Waals surface area contributed by atoms with Gasteiger partial charge < -0.3 is 19.5 Å². The van der Waals surface area contributed by atoms with Crippen LogP contribution in [0.4, 0.5) is 0 Å². The molecular weight excluding hydrogens is 671 g/mol. The number of esters is 2. The van der Waals surface area contributed by atoms with E-state index in [1.54, 1.807) is 0 Å². The Morgan fingerprint density at radius 1 is 0.500 bits per heavy atom. The van der Waals surface area contributed by atoms with Crippen molar-refractivity contribution in [2.24, 2.45) is 0 Å². The van der Waals surface area contributed by atoms with Crippen molar-refractivity contribution in [3.8, 4) is 0 Å². The van der Waals surface area contributed by atoms with Gasteiger partial charge in [0, 0.05) is 38.1 Å². The van der Waals surface area contributed by atoms with E-state index < -0.39 is 0 Å². The molecule has 320 valence electrons. The maximum absolute atomic E-state index is 12.8. The molecule has 0 aromatic heterocycles. The summed E-state index contributed by atoms with van der Waals surface area (Å²) < 4.78 is 17.2. The highest BCUT2D eigenvalue weighted by Gasteiger charge is 2.18. The first-order chi connectivity index (χ1) is 26.6. The summed E-state index contributed by atoms with van der Waals surface area (Å²) in [6.07, 6.45) is 43.9. The summed E-state index contributed by atoms with van der Waals surface area (Å²) in [6.45, 7) is 9.15. The van der Waals surface area contributed by atoms with Crippen LogP contribution in [-0.4, -0.2) is 49.9 Å². The summed E-state index contributed by atoms with van der Waals surface area (Å²) in [7, 11) is 0. The molecule has 0 bridgehead atoms. The lowest BCUT2D eigenvalue weighted by atomic mass is 9.98. The van der Waals surface area contributed by atoms with Gasteiger partial charge in [-0.05, 0) is 70.6 Å². The molecule has 1 aliphatic heterocycles. The zero-order valence-electron chi connectivity index (χ0n) is 36.6. The van der Waals surface area contributed by atoms with Crippen LogP contribution in [0.3, 0.4) is 0 Å². The smallest absolute Gasteiger partial charge is 0.306 e. The van der Waals surface area contributed by atoms with Crippen LogP contribution < -0.4 is 5.32 Å². The Hall–Kier alpha value is -1.14. The number of hydrogen-bond donors (Lipinski definition) is 1. The third-order valence-corrected chi connectivity index (χ3v) is 11.6. The average molecular weight is 764 g/mol. The van der Waals surface area contributed by atoms with Gasteiger partial charge >= 0.3 is 11.9 Å². The zero-order valence-corrected chi connectivity index (χ0v) is 36.6. The second-order valence-electron chi connectivity index (χ2n) is 16.9. The van der Waals surface area contributed by atoms with Crippen LogP contribution in [0.25, 0.3) is 0 Å². The quantitative estimate of drug-likeness (QED) is 0.0494. The lowest BCUT2D eigenvalue weighted by molar-refractivity contribution is -0.150. The van der Waals surface area contributed by atoms with Gasteiger partial charge in [0.2, 0.25) is 0 Å². The molecule has 0 saturated carbocycles. The van der Waals surface area contributed by atoms with Crippen LogP contribution in [0.15, 0.2) is 0 Å². The van der Waals surface area contributed by atoms with E-state index in [0.717, 1.165) is 71.0 Å². The van der Waals surface area contributed by atoms with Gasteiger partial charge in [-0.1, -0.05) is 175 Å². The van der Waals surface area contributed by atoms with E-state index in [1.807, 2.05) is 0 Å². The summed E-state index contributed by atoms with van der Waals surface area (Å²) in [6, 6.07) is 1.17. The fourth-order valence-corrected chi connectivity index (χ4v) is 8.02. The predicted molar refractivity (Wildman–Crippen MR) is 230 cm³/mol. The Kier molecular flexibility index (Phi) is 37.8. The topological polar surface area (TPSA) is 73.9 Å². The first kappa shape index (κ1) is 50.9. The molecule has 0 aliphatic carbocycles. The van der Waals surface area contributed by atoms with Gasteiger partial charge in [-0.3, -0.25) is 9.59 Å². The van der Waals surface area contributed by atoms with Gasteiger partial charge in [0.05, 0.1) is 6.61 Å². The van der Waals surface area contributed by atoms with Crippen molar-refractivity contribution in [3.05, 3.63) is 0 Å². The zero-order chi connectivity index (χ0) is 39.0. The molecule has 54 heavy (non-hydrogen) atoms. The van der Waals surface area contributed by atoms with E-state index in [-0.39, 0.29) is 18.0 Å². The average Bonchev–Trinajstić information content (AvgIpc) is 3.17. The molecule has 1 atom stereocenters. The summed E-state index contributed by atoms with van der Waals surface area (Å²) in [5.74, 6) is 0.0318. The third-order valence-electron chi connectivity index (χ3n) is 11.6. The molecule has 0 aromatic carbocycles. The Balaban J connectivity index is 2.22. The highest BCUT2D eigenvalue weighted by Crippen LogP contribution is 2.20. The first-order valence-corrected chi connectivity index (χ1v) is 24.3. The molecule has 0 radical (unpaired) electrons. The summed E-state index contributed by atoms with van der Waals surface area (Å²) >= 11 is 0. The van der Waals surface area contributed by atoms with Crippen LogP contribution in [-0.2, 0) is 23.8 Å². The van der Waals surface area contributed by atoms with E-state index in [9.17, 15) is 9.59 Å². The second-order valence-corrected chi connectivity index (χ2v) is 16.9. The van der Waals surface area contributed by atoms with E-state index >= 15 is 0 Å². The lowest BCUT2D eigenvalue weighted by Gasteiger charge is -2.29. The van der Waals surface area contributed by atoms with E-state index in [4.69, 9.17) is 14.2 Å². The summed E-state index contributed by atoms with van der Waals surface area (Å²) in [5.41, 5.74) is 0. The number of rotatable bonds is 41. The number of unbranched alkanes of at least 4 members (excludes halogenated alkanes) is 24. The molecule has 6 heteroatoms. The first-order valence-electron chi connectivity index (χ1n) is 24.3. The molecule has 1 rings (SSSR count). The van der Waals surface area contributed by atoms with Crippen LogP contribution in [0.2, 0.25) is 0 Å². The number of nitrogens with one attached hydrogen (secondary N) is 1. The van der Waals surface area contributed by atoms with E-state index in [1.165, 1.54) is 167 Å². The van der Waals surface area contributed by atoms with Gasteiger partial charge in [0.15, 0.2) is 0 Å². The molecule has 1 aliphatic rings.